The van der Waals surface area contributed by atoms with E-state index in [1.807, 2.05) is 30.3 Å². The zero-order valence-electron chi connectivity index (χ0n) is 8.65. The lowest BCUT2D eigenvalue weighted by atomic mass is 10.1. The highest BCUT2D eigenvalue weighted by Gasteiger charge is 2.10. The molecule has 0 amide bonds. The van der Waals surface area contributed by atoms with Crippen LogP contribution in [0.4, 0.5) is 5.82 Å². The fraction of sp³-hybridized carbons (Fsp3) is 0.182. The molecule has 0 radical (unpaired) electrons. The fourth-order valence-electron chi connectivity index (χ4n) is 1.37. The first-order valence-corrected chi connectivity index (χ1v) is 4.63. The van der Waals surface area contributed by atoms with E-state index < -0.39 is 0 Å². The molecule has 0 saturated heterocycles. The second kappa shape index (κ2) is 4.04. The minimum Gasteiger partial charge on any atom is -0.496 e. The molecule has 2 aromatic rings. The van der Waals surface area contributed by atoms with Crippen molar-refractivity contribution < 1.29 is 9.26 Å². The Morgan fingerprint density at radius 2 is 2.13 bits per heavy atom. The van der Waals surface area contributed by atoms with Crippen LogP contribution in [0.25, 0.3) is 11.3 Å². The lowest BCUT2D eigenvalue weighted by Crippen LogP contribution is -1.86. The molecule has 0 aliphatic rings. The van der Waals surface area contributed by atoms with Gasteiger partial charge in [0.1, 0.15) is 5.75 Å². The maximum atomic E-state index is 5.23. The van der Waals surface area contributed by atoms with Gasteiger partial charge in [-0.2, -0.15) is 0 Å². The van der Waals surface area contributed by atoms with E-state index >= 15 is 0 Å². The number of anilines is 1. The van der Waals surface area contributed by atoms with Crippen LogP contribution >= 0.6 is 0 Å². The molecular weight excluding hydrogens is 192 g/mol. The SMILES string of the molecule is CNc1cc(-c2ccccc2OC)on1. The number of aromatic nitrogens is 1. The summed E-state index contributed by atoms with van der Waals surface area (Å²) in [6.07, 6.45) is 0. The quantitative estimate of drug-likeness (QED) is 0.833. The van der Waals surface area contributed by atoms with Gasteiger partial charge in [-0.1, -0.05) is 17.3 Å². The summed E-state index contributed by atoms with van der Waals surface area (Å²) in [5.41, 5.74) is 0.897. The van der Waals surface area contributed by atoms with Gasteiger partial charge in [0, 0.05) is 13.1 Å². The van der Waals surface area contributed by atoms with Crippen LogP contribution in [-0.2, 0) is 0 Å². The molecule has 0 aliphatic carbocycles. The summed E-state index contributed by atoms with van der Waals surface area (Å²) < 4.78 is 10.4. The Balaban J connectivity index is 2.44. The van der Waals surface area contributed by atoms with Crippen LogP contribution in [0.15, 0.2) is 34.9 Å². The van der Waals surface area contributed by atoms with Crippen molar-refractivity contribution in [3.8, 4) is 17.1 Å². The van der Waals surface area contributed by atoms with Crippen LogP contribution in [0.3, 0.4) is 0 Å². The molecule has 1 heterocycles. The third-order valence-corrected chi connectivity index (χ3v) is 2.14. The van der Waals surface area contributed by atoms with E-state index in [0.717, 1.165) is 11.3 Å². The highest BCUT2D eigenvalue weighted by Crippen LogP contribution is 2.30. The van der Waals surface area contributed by atoms with Crippen molar-refractivity contribution in [3.63, 3.8) is 0 Å². The minimum absolute atomic E-state index is 0.691. The van der Waals surface area contributed by atoms with Gasteiger partial charge < -0.3 is 14.6 Å². The number of para-hydroxylation sites is 1. The zero-order valence-corrected chi connectivity index (χ0v) is 8.65. The fourth-order valence-corrected chi connectivity index (χ4v) is 1.37. The number of benzene rings is 1. The topological polar surface area (TPSA) is 47.3 Å². The average molecular weight is 204 g/mol. The third-order valence-electron chi connectivity index (χ3n) is 2.14. The monoisotopic (exact) mass is 204 g/mol. The second-order valence-electron chi connectivity index (χ2n) is 3.03. The van der Waals surface area contributed by atoms with Gasteiger partial charge in [0.2, 0.25) is 0 Å². The van der Waals surface area contributed by atoms with E-state index in [4.69, 9.17) is 9.26 Å². The number of hydrogen-bond acceptors (Lipinski definition) is 4. The maximum Gasteiger partial charge on any atom is 0.172 e. The molecule has 0 fully saturated rings. The molecule has 2 rings (SSSR count). The largest absolute Gasteiger partial charge is 0.496 e. The average Bonchev–Trinajstić information content (AvgIpc) is 2.77. The van der Waals surface area contributed by atoms with Gasteiger partial charge in [-0.15, -0.1) is 0 Å². The van der Waals surface area contributed by atoms with Gasteiger partial charge in [-0.25, -0.2) is 0 Å². The normalized spacial score (nSPS) is 10.0. The minimum atomic E-state index is 0.691. The molecule has 1 aromatic carbocycles. The van der Waals surface area contributed by atoms with Crippen molar-refractivity contribution in [3.05, 3.63) is 30.3 Å². The molecule has 0 saturated carbocycles. The van der Waals surface area contributed by atoms with Crippen molar-refractivity contribution in [2.75, 3.05) is 19.5 Å². The summed E-state index contributed by atoms with van der Waals surface area (Å²) in [5, 5.41) is 6.75. The summed E-state index contributed by atoms with van der Waals surface area (Å²) >= 11 is 0. The first-order valence-electron chi connectivity index (χ1n) is 4.63. The Labute approximate surface area is 87.8 Å². The predicted octanol–water partition coefficient (Wildman–Crippen LogP) is 2.39. The van der Waals surface area contributed by atoms with Crippen LogP contribution in [0, 0.1) is 0 Å². The Morgan fingerprint density at radius 3 is 2.80 bits per heavy atom. The Kier molecular flexibility index (Phi) is 2.58. The van der Waals surface area contributed by atoms with Gasteiger partial charge in [-0.05, 0) is 12.1 Å². The van der Waals surface area contributed by atoms with E-state index in [-0.39, 0.29) is 0 Å². The van der Waals surface area contributed by atoms with Crippen LogP contribution < -0.4 is 10.1 Å². The van der Waals surface area contributed by atoms with Gasteiger partial charge in [0.25, 0.3) is 0 Å². The summed E-state index contributed by atoms with van der Waals surface area (Å²) in [6.45, 7) is 0. The maximum absolute atomic E-state index is 5.23. The molecule has 4 heteroatoms. The number of rotatable bonds is 3. The molecule has 1 N–H and O–H groups in total. The smallest absolute Gasteiger partial charge is 0.172 e. The molecule has 0 atom stereocenters. The van der Waals surface area contributed by atoms with Crippen LogP contribution in [0.5, 0.6) is 5.75 Å². The Hall–Kier alpha value is -1.97. The van der Waals surface area contributed by atoms with Crippen molar-refractivity contribution in [2.45, 2.75) is 0 Å². The van der Waals surface area contributed by atoms with Crippen molar-refractivity contribution in [2.24, 2.45) is 0 Å². The van der Waals surface area contributed by atoms with E-state index in [1.54, 1.807) is 14.2 Å². The van der Waals surface area contributed by atoms with Gasteiger partial charge in [0.15, 0.2) is 11.6 Å². The van der Waals surface area contributed by atoms with Crippen molar-refractivity contribution in [1.82, 2.24) is 5.16 Å². The van der Waals surface area contributed by atoms with Crippen LogP contribution in [0.1, 0.15) is 0 Å². The van der Waals surface area contributed by atoms with Crippen molar-refractivity contribution in [1.29, 1.82) is 0 Å². The van der Waals surface area contributed by atoms with Gasteiger partial charge in [0.05, 0.1) is 12.7 Å². The Bertz CT molecular complexity index is 451. The highest BCUT2D eigenvalue weighted by molar-refractivity contribution is 5.67. The number of nitrogens with one attached hydrogen (secondary N) is 1. The van der Waals surface area contributed by atoms with Gasteiger partial charge in [-0.3, -0.25) is 0 Å². The summed E-state index contributed by atoms with van der Waals surface area (Å²) in [6, 6.07) is 9.49. The lowest BCUT2D eigenvalue weighted by molar-refractivity contribution is 0.407. The molecule has 0 unspecified atom stereocenters. The molecule has 15 heavy (non-hydrogen) atoms. The number of methoxy groups -OCH3 is 1. The van der Waals surface area contributed by atoms with E-state index in [2.05, 4.69) is 10.5 Å². The van der Waals surface area contributed by atoms with E-state index in [9.17, 15) is 0 Å². The molecule has 1 aromatic heterocycles. The van der Waals surface area contributed by atoms with Gasteiger partial charge >= 0.3 is 0 Å². The summed E-state index contributed by atoms with van der Waals surface area (Å²) in [7, 11) is 3.43. The van der Waals surface area contributed by atoms with Crippen LogP contribution in [0.2, 0.25) is 0 Å². The lowest BCUT2D eigenvalue weighted by Gasteiger charge is -2.03. The third kappa shape index (κ3) is 1.79. The standard InChI is InChI=1S/C11H12N2O2/c1-12-11-7-10(15-13-11)8-5-3-4-6-9(8)14-2/h3-7H,1-2H3,(H,12,13). The first-order chi connectivity index (χ1) is 7.35. The molecule has 0 aliphatic heterocycles. The first kappa shape index (κ1) is 9.58. The number of ether oxygens (including phenoxy) is 1. The molecule has 0 spiro atoms. The molecular formula is C11H12N2O2. The molecule has 4 nitrogen and oxygen atoms in total. The molecule has 0 bridgehead atoms. The summed E-state index contributed by atoms with van der Waals surface area (Å²) in [4.78, 5) is 0. The molecule has 78 valence electrons. The second-order valence-corrected chi connectivity index (χ2v) is 3.03. The highest BCUT2D eigenvalue weighted by atomic mass is 16.5. The predicted molar refractivity (Wildman–Crippen MR) is 58.0 cm³/mol. The zero-order chi connectivity index (χ0) is 10.7. The number of nitrogens with zero attached hydrogens (tertiary/aromatic N) is 1. The van der Waals surface area contributed by atoms with E-state index in [0.29, 0.717) is 11.6 Å². The number of hydrogen-bond donors (Lipinski definition) is 1. The van der Waals surface area contributed by atoms with E-state index in [1.165, 1.54) is 0 Å². The van der Waals surface area contributed by atoms with Crippen molar-refractivity contribution >= 4 is 5.82 Å². The summed E-state index contributed by atoms with van der Waals surface area (Å²) in [5.74, 6) is 2.17. The Morgan fingerprint density at radius 1 is 1.33 bits per heavy atom. The van der Waals surface area contributed by atoms with Crippen LogP contribution in [-0.4, -0.2) is 19.3 Å².